The molecule has 1 aromatic heterocycles. The zero-order chi connectivity index (χ0) is 11.7. The summed E-state index contributed by atoms with van der Waals surface area (Å²) < 4.78 is 0. The van der Waals surface area contributed by atoms with Crippen LogP contribution in [0.1, 0.15) is 11.3 Å². The van der Waals surface area contributed by atoms with Gasteiger partial charge in [0.05, 0.1) is 11.9 Å². The van der Waals surface area contributed by atoms with Crippen LogP contribution in [-0.2, 0) is 11.2 Å². The van der Waals surface area contributed by atoms with E-state index >= 15 is 0 Å². The number of hydrogen-bond donors (Lipinski definition) is 1. The molecule has 0 saturated heterocycles. The molecule has 2 N–H and O–H groups in total. The zero-order valence-electron chi connectivity index (χ0n) is 8.83. The molecular formula is C12H11ClN2O. The number of hydrogen-bond acceptors (Lipinski definition) is 2. The van der Waals surface area contributed by atoms with Gasteiger partial charge in [-0.1, -0.05) is 17.7 Å². The van der Waals surface area contributed by atoms with Crippen molar-refractivity contribution in [3.05, 3.63) is 40.5 Å². The van der Waals surface area contributed by atoms with Crippen molar-refractivity contribution in [2.45, 2.75) is 13.3 Å². The Kier molecular flexibility index (Phi) is 2.79. The molecule has 0 bridgehead atoms. The molecule has 0 spiro atoms. The standard InChI is InChI=1S/C12H11ClN2O/c1-7-4-8(5-12(14)16)10-3-2-9(13)6-11(10)15-7/h2-4,6H,5H2,1H3,(H2,14,16). The number of nitrogens with two attached hydrogens (primary N) is 1. The summed E-state index contributed by atoms with van der Waals surface area (Å²) in [6.07, 6.45) is 0.224. The molecule has 0 aliphatic carbocycles. The number of aromatic nitrogens is 1. The maximum Gasteiger partial charge on any atom is 0.221 e. The van der Waals surface area contributed by atoms with Crippen LogP contribution in [0.25, 0.3) is 10.9 Å². The maximum atomic E-state index is 11.0. The third-order valence-electron chi connectivity index (χ3n) is 2.35. The summed E-state index contributed by atoms with van der Waals surface area (Å²) in [5.41, 5.74) is 7.75. The van der Waals surface area contributed by atoms with Gasteiger partial charge in [-0.2, -0.15) is 0 Å². The monoisotopic (exact) mass is 234 g/mol. The molecule has 0 atom stereocenters. The van der Waals surface area contributed by atoms with Gasteiger partial charge in [0, 0.05) is 16.1 Å². The van der Waals surface area contributed by atoms with Crippen molar-refractivity contribution in [2.24, 2.45) is 5.73 Å². The Labute approximate surface area is 98.2 Å². The summed E-state index contributed by atoms with van der Waals surface area (Å²) in [7, 11) is 0. The van der Waals surface area contributed by atoms with Gasteiger partial charge in [-0.25, -0.2) is 0 Å². The molecule has 0 saturated carbocycles. The van der Waals surface area contributed by atoms with Gasteiger partial charge in [-0.3, -0.25) is 9.78 Å². The van der Waals surface area contributed by atoms with Crippen LogP contribution in [0.5, 0.6) is 0 Å². The van der Waals surface area contributed by atoms with Crippen LogP contribution in [0.3, 0.4) is 0 Å². The first-order chi connectivity index (χ1) is 7.56. The van der Waals surface area contributed by atoms with E-state index in [0.29, 0.717) is 5.02 Å². The number of pyridine rings is 1. The number of rotatable bonds is 2. The first kappa shape index (κ1) is 10.9. The number of amides is 1. The van der Waals surface area contributed by atoms with Crippen molar-refractivity contribution in [3.8, 4) is 0 Å². The molecule has 0 aliphatic heterocycles. The Morgan fingerprint density at radius 3 is 2.88 bits per heavy atom. The van der Waals surface area contributed by atoms with Gasteiger partial charge in [-0.15, -0.1) is 0 Å². The molecule has 0 aliphatic rings. The molecule has 3 nitrogen and oxygen atoms in total. The minimum Gasteiger partial charge on any atom is -0.369 e. The fourth-order valence-electron chi connectivity index (χ4n) is 1.75. The SMILES string of the molecule is Cc1cc(CC(N)=O)c2ccc(Cl)cc2n1. The average Bonchev–Trinajstić information content (AvgIpc) is 2.15. The van der Waals surface area contributed by atoms with Crippen molar-refractivity contribution in [3.63, 3.8) is 0 Å². The quantitative estimate of drug-likeness (QED) is 0.866. The first-order valence-electron chi connectivity index (χ1n) is 4.90. The van der Waals surface area contributed by atoms with Crippen LogP contribution in [-0.4, -0.2) is 10.9 Å². The predicted molar refractivity (Wildman–Crippen MR) is 64.4 cm³/mol. The second kappa shape index (κ2) is 4.10. The predicted octanol–water partition coefficient (Wildman–Crippen LogP) is 2.22. The van der Waals surface area contributed by atoms with E-state index in [9.17, 15) is 4.79 Å². The number of aryl methyl sites for hydroxylation is 1. The lowest BCUT2D eigenvalue weighted by Gasteiger charge is -2.06. The lowest BCUT2D eigenvalue weighted by molar-refractivity contribution is -0.117. The number of benzene rings is 1. The molecular weight excluding hydrogens is 224 g/mol. The van der Waals surface area contributed by atoms with Crippen LogP contribution >= 0.6 is 11.6 Å². The topological polar surface area (TPSA) is 56.0 Å². The molecule has 82 valence electrons. The van der Waals surface area contributed by atoms with E-state index in [0.717, 1.165) is 22.2 Å². The summed E-state index contributed by atoms with van der Waals surface area (Å²) in [6, 6.07) is 7.31. The van der Waals surface area contributed by atoms with Crippen molar-refractivity contribution < 1.29 is 4.79 Å². The van der Waals surface area contributed by atoms with Crippen molar-refractivity contribution >= 4 is 28.4 Å². The molecule has 2 rings (SSSR count). The summed E-state index contributed by atoms with van der Waals surface area (Å²) >= 11 is 5.90. The molecule has 0 unspecified atom stereocenters. The van der Waals surface area contributed by atoms with E-state index in [1.54, 1.807) is 12.1 Å². The molecule has 1 aromatic carbocycles. The summed E-state index contributed by atoms with van der Waals surface area (Å²) in [4.78, 5) is 15.3. The fourth-order valence-corrected chi connectivity index (χ4v) is 1.92. The fraction of sp³-hybridized carbons (Fsp3) is 0.167. The molecule has 1 heterocycles. The molecule has 2 aromatic rings. The number of nitrogens with zero attached hydrogens (tertiary/aromatic N) is 1. The minimum absolute atomic E-state index is 0.224. The van der Waals surface area contributed by atoms with Gasteiger partial charge in [-0.05, 0) is 30.7 Å². The highest BCUT2D eigenvalue weighted by Crippen LogP contribution is 2.22. The minimum atomic E-state index is -0.346. The second-order valence-electron chi connectivity index (χ2n) is 3.73. The van der Waals surface area contributed by atoms with Gasteiger partial charge in [0.15, 0.2) is 0 Å². The van der Waals surface area contributed by atoms with E-state index in [1.807, 2.05) is 19.1 Å². The average molecular weight is 235 g/mol. The van der Waals surface area contributed by atoms with Gasteiger partial charge in [0.2, 0.25) is 5.91 Å². The number of primary amides is 1. The highest BCUT2D eigenvalue weighted by atomic mass is 35.5. The number of carbonyl (C=O) groups excluding carboxylic acids is 1. The Hall–Kier alpha value is -1.61. The van der Waals surface area contributed by atoms with Gasteiger partial charge in [0.1, 0.15) is 0 Å². The highest BCUT2D eigenvalue weighted by molar-refractivity contribution is 6.31. The van der Waals surface area contributed by atoms with Crippen molar-refractivity contribution in [1.82, 2.24) is 4.98 Å². The van der Waals surface area contributed by atoms with Gasteiger partial charge in [0.25, 0.3) is 0 Å². The Morgan fingerprint density at radius 2 is 2.19 bits per heavy atom. The second-order valence-corrected chi connectivity index (χ2v) is 4.16. The Morgan fingerprint density at radius 1 is 1.44 bits per heavy atom. The summed E-state index contributed by atoms with van der Waals surface area (Å²) in [6.45, 7) is 1.88. The molecule has 1 amide bonds. The molecule has 0 fully saturated rings. The zero-order valence-corrected chi connectivity index (χ0v) is 9.58. The molecule has 16 heavy (non-hydrogen) atoms. The lowest BCUT2D eigenvalue weighted by atomic mass is 10.0. The van der Waals surface area contributed by atoms with E-state index in [2.05, 4.69) is 4.98 Å². The van der Waals surface area contributed by atoms with Crippen LogP contribution < -0.4 is 5.73 Å². The van der Waals surface area contributed by atoms with Crippen molar-refractivity contribution in [2.75, 3.05) is 0 Å². The van der Waals surface area contributed by atoms with E-state index in [4.69, 9.17) is 17.3 Å². The number of fused-ring (bicyclic) bond motifs is 1. The summed E-state index contributed by atoms with van der Waals surface area (Å²) in [5, 5.41) is 1.56. The van der Waals surface area contributed by atoms with Gasteiger partial charge >= 0.3 is 0 Å². The molecule has 0 radical (unpaired) electrons. The van der Waals surface area contributed by atoms with E-state index < -0.39 is 0 Å². The highest BCUT2D eigenvalue weighted by Gasteiger charge is 2.07. The molecule has 4 heteroatoms. The van der Waals surface area contributed by atoms with Crippen molar-refractivity contribution in [1.29, 1.82) is 0 Å². The normalized spacial score (nSPS) is 10.6. The third-order valence-corrected chi connectivity index (χ3v) is 2.59. The first-order valence-corrected chi connectivity index (χ1v) is 5.28. The summed E-state index contributed by atoms with van der Waals surface area (Å²) in [5.74, 6) is -0.346. The van der Waals surface area contributed by atoms with Crippen LogP contribution in [0.2, 0.25) is 5.02 Å². The number of carbonyl (C=O) groups is 1. The third kappa shape index (κ3) is 2.14. The van der Waals surface area contributed by atoms with Crippen LogP contribution in [0, 0.1) is 6.92 Å². The van der Waals surface area contributed by atoms with Crippen LogP contribution in [0.15, 0.2) is 24.3 Å². The van der Waals surface area contributed by atoms with E-state index in [-0.39, 0.29) is 12.3 Å². The lowest BCUT2D eigenvalue weighted by Crippen LogP contribution is -2.14. The largest absolute Gasteiger partial charge is 0.369 e. The Bertz CT molecular complexity index is 561. The maximum absolute atomic E-state index is 11.0. The number of halogens is 1. The Balaban J connectivity index is 2.67. The van der Waals surface area contributed by atoms with Gasteiger partial charge < -0.3 is 5.73 Å². The van der Waals surface area contributed by atoms with Crippen LogP contribution in [0.4, 0.5) is 0 Å². The van der Waals surface area contributed by atoms with E-state index in [1.165, 1.54) is 0 Å². The smallest absolute Gasteiger partial charge is 0.221 e.